The third kappa shape index (κ3) is 2.48. The Morgan fingerprint density at radius 2 is 1.77 bits per heavy atom. The van der Waals surface area contributed by atoms with Crippen LogP contribution in [0.2, 0.25) is 0 Å². The number of benzene rings is 1. The van der Waals surface area contributed by atoms with E-state index in [0.29, 0.717) is 6.04 Å². The van der Waals surface area contributed by atoms with E-state index in [2.05, 4.69) is 64.1 Å². The van der Waals surface area contributed by atoms with Crippen LogP contribution < -0.4 is 9.64 Å². The molecule has 1 aromatic heterocycles. The van der Waals surface area contributed by atoms with Gasteiger partial charge in [-0.25, -0.2) is 0 Å². The largest absolute Gasteiger partial charge is 0.491 e. The predicted molar refractivity (Wildman–Crippen MR) is 88.8 cm³/mol. The molecular formula is C18H23N3O. The summed E-state index contributed by atoms with van der Waals surface area (Å²) in [6.07, 6.45) is 5.32. The van der Waals surface area contributed by atoms with Crippen molar-refractivity contribution in [2.24, 2.45) is 0 Å². The number of likely N-dealkylation sites (N-methyl/N-ethyl adjacent to an activating group) is 1. The van der Waals surface area contributed by atoms with Gasteiger partial charge in [0.15, 0.2) is 0 Å². The van der Waals surface area contributed by atoms with Crippen LogP contribution in [0.25, 0.3) is 0 Å². The van der Waals surface area contributed by atoms with Crippen LogP contribution in [0.4, 0.5) is 5.69 Å². The maximum Gasteiger partial charge on any atom is 0.124 e. The average Bonchev–Trinajstić information content (AvgIpc) is 3.09. The second kappa shape index (κ2) is 5.69. The first-order valence-corrected chi connectivity index (χ1v) is 8.12. The molecule has 4 heteroatoms. The van der Waals surface area contributed by atoms with Crippen LogP contribution in [-0.4, -0.2) is 49.3 Å². The maximum atomic E-state index is 6.05. The Kier molecular flexibility index (Phi) is 3.54. The number of fused-ring (bicyclic) bond motifs is 1. The van der Waals surface area contributed by atoms with Crippen LogP contribution in [0.15, 0.2) is 42.7 Å². The molecule has 0 bridgehead atoms. The monoisotopic (exact) mass is 297 g/mol. The molecular weight excluding hydrogens is 274 g/mol. The van der Waals surface area contributed by atoms with E-state index in [-0.39, 0.29) is 0 Å². The van der Waals surface area contributed by atoms with Gasteiger partial charge in [-0.1, -0.05) is 6.07 Å². The number of ether oxygens (including phenoxy) is 1. The molecule has 0 aliphatic carbocycles. The average molecular weight is 297 g/mol. The van der Waals surface area contributed by atoms with Crippen molar-refractivity contribution in [1.29, 1.82) is 0 Å². The highest BCUT2D eigenvalue weighted by molar-refractivity contribution is 5.60. The summed E-state index contributed by atoms with van der Waals surface area (Å²) in [5.41, 5.74) is 2.74. The van der Waals surface area contributed by atoms with Gasteiger partial charge in [-0.2, -0.15) is 0 Å². The lowest BCUT2D eigenvalue weighted by Gasteiger charge is -2.37. The molecule has 0 saturated carbocycles. The Morgan fingerprint density at radius 3 is 2.55 bits per heavy atom. The number of rotatable bonds is 2. The molecule has 0 amide bonds. The Balaban J connectivity index is 1.62. The molecule has 3 heterocycles. The Hall–Kier alpha value is -1.94. The summed E-state index contributed by atoms with van der Waals surface area (Å²) in [6, 6.07) is 11.1. The number of anilines is 1. The zero-order chi connectivity index (χ0) is 14.9. The SMILES string of the molecule is CN1CCN(c2cccc3c2C[C@H](n2cccc2)CO3)CC1. The van der Waals surface area contributed by atoms with Crippen molar-refractivity contribution < 1.29 is 4.74 Å². The van der Waals surface area contributed by atoms with Gasteiger partial charge >= 0.3 is 0 Å². The van der Waals surface area contributed by atoms with Gasteiger partial charge in [-0.3, -0.25) is 0 Å². The molecule has 22 heavy (non-hydrogen) atoms. The summed E-state index contributed by atoms with van der Waals surface area (Å²) in [4.78, 5) is 4.91. The minimum absolute atomic E-state index is 0.399. The van der Waals surface area contributed by atoms with Gasteiger partial charge in [-0.15, -0.1) is 0 Å². The first-order chi connectivity index (χ1) is 10.8. The number of piperazine rings is 1. The zero-order valence-corrected chi connectivity index (χ0v) is 13.1. The minimum atomic E-state index is 0.399. The molecule has 0 N–H and O–H groups in total. The van der Waals surface area contributed by atoms with E-state index in [1.54, 1.807) is 0 Å². The van der Waals surface area contributed by atoms with Crippen LogP contribution in [0.3, 0.4) is 0 Å². The number of hydrogen-bond donors (Lipinski definition) is 0. The summed E-state index contributed by atoms with van der Waals surface area (Å²) in [5, 5.41) is 0. The lowest BCUT2D eigenvalue weighted by molar-refractivity contribution is 0.224. The van der Waals surface area contributed by atoms with Crippen molar-refractivity contribution >= 4 is 5.69 Å². The highest BCUT2D eigenvalue weighted by atomic mass is 16.5. The Morgan fingerprint density at radius 1 is 1.00 bits per heavy atom. The first-order valence-electron chi connectivity index (χ1n) is 8.12. The molecule has 0 radical (unpaired) electrons. The first kappa shape index (κ1) is 13.7. The predicted octanol–water partition coefficient (Wildman–Crippen LogP) is 2.42. The Bertz CT molecular complexity index is 630. The molecule has 2 aliphatic rings. The van der Waals surface area contributed by atoms with Gasteiger partial charge < -0.3 is 19.1 Å². The lowest BCUT2D eigenvalue weighted by atomic mass is 9.99. The van der Waals surface area contributed by atoms with Crippen LogP contribution in [-0.2, 0) is 6.42 Å². The fourth-order valence-corrected chi connectivity index (χ4v) is 3.50. The quantitative estimate of drug-likeness (QED) is 0.849. The summed E-state index contributed by atoms with van der Waals surface area (Å²) in [5.74, 6) is 1.07. The fourth-order valence-electron chi connectivity index (χ4n) is 3.50. The molecule has 0 unspecified atom stereocenters. The zero-order valence-electron chi connectivity index (χ0n) is 13.1. The van der Waals surface area contributed by atoms with E-state index < -0.39 is 0 Å². The lowest BCUT2D eigenvalue weighted by Crippen LogP contribution is -2.45. The van der Waals surface area contributed by atoms with Crippen molar-refractivity contribution in [1.82, 2.24) is 9.47 Å². The van der Waals surface area contributed by atoms with E-state index in [9.17, 15) is 0 Å². The minimum Gasteiger partial charge on any atom is -0.491 e. The van der Waals surface area contributed by atoms with Crippen LogP contribution in [0, 0.1) is 0 Å². The molecule has 116 valence electrons. The maximum absolute atomic E-state index is 6.05. The molecule has 4 nitrogen and oxygen atoms in total. The summed E-state index contributed by atoms with van der Waals surface area (Å²) in [6.45, 7) is 5.22. The second-order valence-corrected chi connectivity index (χ2v) is 6.34. The smallest absolute Gasteiger partial charge is 0.124 e. The highest BCUT2D eigenvalue weighted by Crippen LogP contribution is 2.36. The third-order valence-corrected chi connectivity index (χ3v) is 4.87. The van der Waals surface area contributed by atoms with Crippen LogP contribution >= 0.6 is 0 Å². The number of aromatic nitrogens is 1. The summed E-state index contributed by atoms with van der Waals surface area (Å²) < 4.78 is 8.32. The molecule has 2 aromatic rings. The van der Waals surface area contributed by atoms with Crippen molar-refractivity contribution in [3.63, 3.8) is 0 Å². The Labute approximate surface area is 131 Å². The van der Waals surface area contributed by atoms with E-state index >= 15 is 0 Å². The number of hydrogen-bond acceptors (Lipinski definition) is 3. The normalized spacial score (nSPS) is 22.2. The molecule has 0 spiro atoms. The number of nitrogens with zero attached hydrogens (tertiary/aromatic N) is 3. The van der Waals surface area contributed by atoms with Crippen molar-refractivity contribution in [3.8, 4) is 5.75 Å². The molecule has 2 aliphatic heterocycles. The van der Waals surface area contributed by atoms with Gasteiger partial charge in [0.1, 0.15) is 12.4 Å². The van der Waals surface area contributed by atoms with Crippen LogP contribution in [0.5, 0.6) is 5.75 Å². The van der Waals surface area contributed by atoms with Gasteiger partial charge in [-0.05, 0) is 31.3 Å². The topological polar surface area (TPSA) is 20.6 Å². The summed E-state index contributed by atoms with van der Waals surface area (Å²) >= 11 is 0. The van der Waals surface area contributed by atoms with E-state index in [4.69, 9.17) is 4.74 Å². The highest BCUT2D eigenvalue weighted by Gasteiger charge is 2.26. The molecule has 1 saturated heterocycles. The van der Waals surface area contributed by atoms with Crippen LogP contribution in [0.1, 0.15) is 11.6 Å². The summed E-state index contributed by atoms with van der Waals surface area (Å²) in [7, 11) is 2.20. The molecule has 1 aromatic carbocycles. The van der Waals surface area contributed by atoms with E-state index in [0.717, 1.165) is 45.0 Å². The van der Waals surface area contributed by atoms with Gasteiger partial charge in [0.25, 0.3) is 0 Å². The fraction of sp³-hybridized carbons (Fsp3) is 0.444. The van der Waals surface area contributed by atoms with Gasteiger partial charge in [0.2, 0.25) is 0 Å². The molecule has 1 fully saturated rings. The van der Waals surface area contributed by atoms with E-state index in [1.165, 1.54) is 11.3 Å². The van der Waals surface area contributed by atoms with Gasteiger partial charge in [0, 0.05) is 56.2 Å². The van der Waals surface area contributed by atoms with Crippen molar-refractivity contribution in [2.45, 2.75) is 12.5 Å². The molecule has 1 atom stereocenters. The van der Waals surface area contributed by atoms with Gasteiger partial charge in [0.05, 0.1) is 6.04 Å². The van der Waals surface area contributed by atoms with Crippen molar-refractivity contribution in [2.75, 3.05) is 44.7 Å². The molecule has 4 rings (SSSR count). The second-order valence-electron chi connectivity index (χ2n) is 6.34. The van der Waals surface area contributed by atoms with Crippen molar-refractivity contribution in [3.05, 3.63) is 48.3 Å². The standard InChI is InChI=1S/C18H23N3O/c1-19-9-11-21(12-10-19)17-5-4-6-18-16(17)13-15(14-22-18)20-7-2-3-8-20/h2-8,15H,9-14H2,1H3/t15-/m0/s1. The van der Waals surface area contributed by atoms with E-state index in [1.807, 2.05) is 0 Å². The third-order valence-electron chi connectivity index (χ3n) is 4.87.